The minimum atomic E-state index is -0.260. The third-order valence-corrected chi connectivity index (χ3v) is 5.50. The van der Waals surface area contributed by atoms with Crippen molar-refractivity contribution in [3.8, 4) is 0 Å². The van der Waals surface area contributed by atoms with E-state index in [-0.39, 0.29) is 24.3 Å². The third-order valence-electron chi connectivity index (χ3n) is 4.87. The van der Waals surface area contributed by atoms with Crippen molar-refractivity contribution >= 4 is 28.1 Å². The number of carbonyl (C=O) groups excluding carboxylic acids is 1. The summed E-state index contributed by atoms with van der Waals surface area (Å²) < 4.78 is 15.1. The van der Waals surface area contributed by atoms with Gasteiger partial charge >= 0.3 is 0 Å². The van der Waals surface area contributed by atoms with Crippen LogP contribution in [0.25, 0.3) is 10.9 Å². The van der Waals surface area contributed by atoms with Gasteiger partial charge in [-0.3, -0.25) is 9.69 Å². The highest BCUT2D eigenvalue weighted by Gasteiger charge is 2.21. The molecular formula is C19H21FN4OS. The molecule has 0 saturated carbocycles. The summed E-state index contributed by atoms with van der Waals surface area (Å²) in [6, 6.07) is 6.68. The molecule has 0 spiro atoms. The number of thiazole rings is 1. The molecule has 1 amide bonds. The zero-order valence-electron chi connectivity index (χ0n) is 14.4. The van der Waals surface area contributed by atoms with E-state index in [1.807, 2.05) is 22.3 Å². The molecule has 26 heavy (non-hydrogen) atoms. The normalized spacial score (nSPS) is 16.2. The van der Waals surface area contributed by atoms with Gasteiger partial charge in [0.1, 0.15) is 12.4 Å². The van der Waals surface area contributed by atoms with E-state index >= 15 is 0 Å². The van der Waals surface area contributed by atoms with Crippen LogP contribution in [0.5, 0.6) is 0 Å². The quantitative estimate of drug-likeness (QED) is 0.749. The van der Waals surface area contributed by atoms with E-state index in [0.717, 1.165) is 49.1 Å². The number of nitrogens with one attached hydrogen (secondary N) is 1. The van der Waals surface area contributed by atoms with Crippen molar-refractivity contribution in [1.82, 2.24) is 19.8 Å². The van der Waals surface area contributed by atoms with Gasteiger partial charge < -0.3 is 9.88 Å². The Bertz CT molecular complexity index is 884. The zero-order valence-corrected chi connectivity index (χ0v) is 15.2. The number of nitrogens with zero attached hydrogens (tertiary/aromatic N) is 3. The monoisotopic (exact) mass is 372 g/mol. The predicted molar refractivity (Wildman–Crippen MR) is 100 cm³/mol. The number of piperidine rings is 1. The number of aromatic nitrogens is 2. The zero-order chi connectivity index (χ0) is 17.9. The molecule has 4 rings (SSSR count). The van der Waals surface area contributed by atoms with E-state index in [9.17, 15) is 9.18 Å². The van der Waals surface area contributed by atoms with Gasteiger partial charge in [0, 0.05) is 48.2 Å². The molecule has 0 radical (unpaired) electrons. The van der Waals surface area contributed by atoms with Crippen LogP contribution >= 0.6 is 11.3 Å². The Morgan fingerprint density at radius 3 is 2.92 bits per heavy atom. The van der Waals surface area contributed by atoms with Crippen molar-refractivity contribution in [3.05, 3.63) is 52.9 Å². The van der Waals surface area contributed by atoms with Gasteiger partial charge in [-0.1, -0.05) is 0 Å². The van der Waals surface area contributed by atoms with E-state index in [2.05, 4.69) is 20.6 Å². The minimum Gasteiger partial charge on any atom is -0.352 e. The molecule has 3 heterocycles. The Balaban J connectivity index is 1.28. The predicted octanol–water partition coefficient (Wildman–Crippen LogP) is 3.02. The molecule has 1 N–H and O–H groups in total. The largest absolute Gasteiger partial charge is 0.352 e. The molecule has 1 fully saturated rings. The van der Waals surface area contributed by atoms with Gasteiger partial charge in [-0.15, -0.1) is 11.3 Å². The average Bonchev–Trinajstić information content (AvgIpc) is 3.27. The van der Waals surface area contributed by atoms with Crippen molar-refractivity contribution in [2.45, 2.75) is 32.0 Å². The van der Waals surface area contributed by atoms with Gasteiger partial charge in [0.05, 0.1) is 11.2 Å². The van der Waals surface area contributed by atoms with Crippen LogP contribution in [-0.4, -0.2) is 39.5 Å². The first-order valence-electron chi connectivity index (χ1n) is 8.80. The molecule has 0 aliphatic carbocycles. The summed E-state index contributed by atoms with van der Waals surface area (Å²) in [5.74, 6) is -0.256. The number of benzene rings is 1. The second kappa shape index (κ2) is 7.55. The lowest BCUT2D eigenvalue weighted by atomic mass is 10.0. The van der Waals surface area contributed by atoms with Crippen LogP contribution in [0.1, 0.15) is 18.5 Å². The molecule has 1 aliphatic rings. The van der Waals surface area contributed by atoms with Crippen LogP contribution in [0.3, 0.4) is 0 Å². The highest BCUT2D eigenvalue weighted by Crippen LogP contribution is 2.17. The second-order valence-corrected chi connectivity index (χ2v) is 7.46. The van der Waals surface area contributed by atoms with Crippen molar-refractivity contribution < 1.29 is 9.18 Å². The first kappa shape index (κ1) is 17.2. The topological polar surface area (TPSA) is 50.2 Å². The fourth-order valence-corrected chi connectivity index (χ4v) is 4.07. The van der Waals surface area contributed by atoms with E-state index in [1.54, 1.807) is 17.4 Å². The number of carbonyl (C=O) groups is 1. The van der Waals surface area contributed by atoms with Crippen LogP contribution in [0.15, 0.2) is 41.4 Å². The number of amides is 1. The van der Waals surface area contributed by atoms with Gasteiger partial charge in [-0.05, 0) is 37.1 Å². The number of hydrogen-bond acceptors (Lipinski definition) is 4. The molecule has 1 aromatic carbocycles. The maximum atomic E-state index is 13.3. The number of hydrogen-bond donors (Lipinski definition) is 1. The lowest BCUT2D eigenvalue weighted by Crippen LogP contribution is -2.45. The minimum absolute atomic E-state index is 0.00442. The van der Waals surface area contributed by atoms with E-state index < -0.39 is 0 Å². The molecule has 1 aliphatic heterocycles. The summed E-state index contributed by atoms with van der Waals surface area (Å²) in [7, 11) is 0. The second-order valence-electron chi connectivity index (χ2n) is 6.74. The Morgan fingerprint density at radius 2 is 2.15 bits per heavy atom. The van der Waals surface area contributed by atoms with Gasteiger partial charge in [-0.25, -0.2) is 9.37 Å². The van der Waals surface area contributed by atoms with Crippen molar-refractivity contribution in [1.29, 1.82) is 0 Å². The molecule has 0 atom stereocenters. The molecule has 136 valence electrons. The van der Waals surface area contributed by atoms with E-state index in [1.165, 1.54) is 12.1 Å². The van der Waals surface area contributed by atoms with Crippen LogP contribution < -0.4 is 5.32 Å². The SMILES string of the molecule is O=C(Cn1ccc2cc(F)ccc21)NC1CCN(Cc2cscn2)CC1. The Morgan fingerprint density at radius 1 is 1.31 bits per heavy atom. The summed E-state index contributed by atoms with van der Waals surface area (Å²) in [5, 5.41) is 6.04. The maximum absolute atomic E-state index is 13.3. The number of halogens is 1. The summed E-state index contributed by atoms with van der Waals surface area (Å²) in [5.41, 5.74) is 3.86. The van der Waals surface area contributed by atoms with Gasteiger partial charge in [0.25, 0.3) is 0 Å². The molecule has 0 unspecified atom stereocenters. The highest BCUT2D eigenvalue weighted by molar-refractivity contribution is 7.07. The van der Waals surface area contributed by atoms with Crippen molar-refractivity contribution in [2.75, 3.05) is 13.1 Å². The Kier molecular flexibility index (Phi) is 4.99. The molecule has 1 saturated heterocycles. The summed E-state index contributed by atoms with van der Waals surface area (Å²) in [6.45, 7) is 3.08. The summed E-state index contributed by atoms with van der Waals surface area (Å²) in [6.07, 6.45) is 3.74. The molecule has 3 aromatic rings. The molecule has 2 aromatic heterocycles. The first-order valence-corrected chi connectivity index (χ1v) is 9.75. The number of fused-ring (bicyclic) bond motifs is 1. The Labute approximate surface area is 155 Å². The van der Waals surface area contributed by atoms with Crippen LogP contribution in [-0.2, 0) is 17.9 Å². The molecule has 0 bridgehead atoms. The fourth-order valence-electron chi connectivity index (χ4n) is 3.52. The summed E-state index contributed by atoms with van der Waals surface area (Å²) >= 11 is 1.62. The van der Waals surface area contributed by atoms with Crippen LogP contribution in [0.4, 0.5) is 4.39 Å². The fraction of sp³-hybridized carbons (Fsp3) is 0.368. The first-order chi connectivity index (χ1) is 12.7. The van der Waals surface area contributed by atoms with Gasteiger partial charge in [0.2, 0.25) is 5.91 Å². The van der Waals surface area contributed by atoms with Gasteiger partial charge in [-0.2, -0.15) is 0 Å². The highest BCUT2D eigenvalue weighted by atomic mass is 32.1. The van der Waals surface area contributed by atoms with E-state index in [0.29, 0.717) is 0 Å². The standard InChI is InChI=1S/C19H21FN4OS/c20-15-1-2-18-14(9-15)3-8-24(18)11-19(25)22-16-4-6-23(7-5-16)10-17-12-26-13-21-17/h1-3,8-9,12-13,16H,4-7,10-11H2,(H,22,25). The summed E-state index contributed by atoms with van der Waals surface area (Å²) in [4.78, 5) is 19.1. The Hall–Kier alpha value is -2.25. The van der Waals surface area contributed by atoms with Crippen molar-refractivity contribution in [2.24, 2.45) is 0 Å². The molecule has 5 nitrogen and oxygen atoms in total. The van der Waals surface area contributed by atoms with E-state index in [4.69, 9.17) is 0 Å². The smallest absolute Gasteiger partial charge is 0.240 e. The lowest BCUT2D eigenvalue weighted by molar-refractivity contribution is -0.122. The number of likely N-dealkylation sites (tertiary alicyclic amines) is 1. The third kappa shape index (κ3) is 3.94. The van der Waals surface area contributed by atoms with Crippen molar-refractivity contribution in [3.63, 3.8) is 0 Å². The number of rotatable bonds is 5. The lowest BCUT2D eigenvalue weighted by Gasteiger charge is -2.31. The van der Waals surface area contributed by atoms with Crippen LogP contribution in [0.2, 0.25) is 0 Å². The average molecular weight is 372 g/mol. The molecular weight excluding hydrogens is 351 g/mol. The van der Waals surface area contributed by atoms with Crippen LogP contribution in [0, 0.1) is 5.82 Å². The maximum Gasteiger partial charge on any atom is 0.240 e. The molecule has 7 heteroatoms. The van der Waals surface area contributed by atoms with Gasteiger partial charge in [0.15, 0.2) is 0 Å².